The van der Waals surface area contributed by atoms with Gasteiger partial charge in [0.1, 0.15) is 11.3 Å². The van der Waals surface area contributed by atoms with Crippen LogP contribution in [0.1, 0.15) is 11.1 Å². The standard InChI is InChI=1S/C15H11BrO3/c1-7-5-11-14(18)10-4-3-9(17)6-12(10)19-15(11)13(16)8(7)2/h3-6,17H,1-2H3. The van der Waals surface area contributed by atoms with E-state index in [2.05, 4.69) is 15.9 Å². The van der Waals surface area contributed by atoms with Gasteiger partial charge in [0.25, 0.3) is 0 Å². The molecule has 3 rings (SSSR count). The minimum Gasteiger partial charge on any atom is -0.508 e. The number of hydrogen-bond acceptors (Lipinski definition) is 3. The number of aryl methyl sites for hydroxylation is 1. The summed E-state index contributed by atoms with van der Waals surface area (Å²) in [5.74, 6) is 0.0787. The lowest BCUT2D eigenvalue weighted by atomic mass is 10.1. The molecule has 0 amide bonds. The molecule has 0 saturated heterocycles. The first-order chi connectivity index (χ1) is 8.99. The van der Waals surface area contributed by atoms with Crippen molar-refractivity contribution < 1.29 is 9.52 Å². The molecule has 0 unspecified atom stereocenters. The van der Waals surface area contributed by atoms with Crippen LogP contribution >= 0.6 is 15.9 Å². The molecular formula is C15H11BrO3. The van der Waals surface area contributed by atoms with Gasteiger partial charge in [-0.05, 0) is 59.1 Å². The van der Waals surface area contributed by atoms with Gasteiger partial charge in [0, 0.05) is 6.07 Å². The van der Waals surface area contributed by atoms with Gasteiger partial charge in [-0.1, -0.05) is 0 Å². The van der Waals surface area contributed by atoms with Gasteiger partial charge in [-0.25, -0.2) is 0 Å². The summed E-state index contributed by atoms with van der Waals surface area (Å²) in [5, 5.41) is 10.5. The third kappa shape index (κ3) is 1.75. The summed E-state index contributed by atoms with van der Waals surface area (Å²) in [7, 11) is 0. The van der Waals surface area contributed by atoms with Crippen molar-refractivity contribution in [3.63, 3.8) is 0 Å². The predicted molar refractivity (Wildman–Crippen MR) is 78.8 cm³/mol. The monoisotopic (exact) mass is 318 g/mol. The topological polar surface area (TPSA) is 50.4 Å². The first kappa shape index (κ1) is 12.2. The summed E-state index contributed by atoms with van der Waals surface area (Å²) in [6.45, 7) is 3.92. The molecule has 0 aliphatic rings. The maximum Gasteiger partial charge on any atom is 0.200 e. The summed E-state index contributed by atoms with van der Waals surface area (Å²) < 4.78 is 6.55. The van der Waals surface area contributed by atoms with E-state index in [9.17, 15) is 9.90 Å². The molecule has 0 spiro atoms. The molecule has 1 aromatic heterocycles. The number of phenolic OH excluding ortho intramolecular Hbond substituents is 1. The lowest BCUT2D eigenvalue weighted by molar-refractivity contribution is 0.474. The largest absolute Gasteiger partial charge is 0.508 e. The third-order valence-corrected chi connectivity index (χ3v) is 4.35. The minimum atomic E-state index is -0.0833. The first-order valence-electron chi connectivity index (χ1n) is 5.84. The Kier molecular flexibility index (Phi) is 2.64. The number of phenols is 1. The molecule has 0 saturated carbocycles. The number of aromatic hydroxyl groups is 1. The van der Waals surface area contributed by atoms with Crippen molar-refractivity contribution >= 4 is 37.9 Å². The highest BCUT2D eigenvalue weighted by Crippen LogP contribution is 2.31. The van der Waals surface area contributed by atoms with Crippen molar-refractivity contribution in [2.75, 3.05) is 0 Å². The van der Waals surface area contributed by atoms with Gasteiger partial charge in [0.15, 0.2) is 5.58 Å². The lowest BCUT2D eigenvalue weighted by Crippen LogP contribution is -2.03. The molecule has 0 atom stereocenters. The van der Waals surface area contributed by atoms with Crippen LogP contribution in [0, 0.1) is 13.8 Å². The van der Waals surface area contributed by atoms with Gasteiger partial charge in [-0.15, -0.1) is 0 Å². The number of rotatable bonds is 0. The van der Waals surface area contributed by atoms with E-state index in [1.165, 1.54) is 12.1 Å². The Morgan fingerprint density at radius 1 is 1.16 bits per heavy atom. The summed E-state index contributed by atoms with van der Waals surface area (Å²) in [5.41, 5.74) is 2.90. The van der Waals surface area contributed by atoms with Crippen LogP contribution in [0.3, 0.4) is 0 Å². The molecule has 0 aliphatic heterocycles. The number of benzene rings is 2. The van der Waals surface area contributed by atoms with Gasteiger partial charge < -0.3 is 9.52 Å². The lowest BCUT2D eigenvalue weighted by Gasteiger charge is -2.08. The normalized spacial score (nSPS) is 11.3. The smallest absolute Gasteiger partial charge is 0.200 e. The van der Waals surface area contributed by atoms with Crippen molar-refractivity contribution in [2.24, 2.45) is 0 Å². The van der Waals surface area contributed by atoms with Crippen LogP contribution < -0.4 is 5.43 Å². The van der Waals surface area contributed by atoms with Crippen molar-refractivity contribution in [1.29, 1.82) is 0 Å². The summed E-state index contributed by atoms with van der Waals surface area (Å²) in [6.07, 6.45) is 0. The summed E-state index contributed by atoms with van der Waals surface area (Å²) in [4.78, 5) is 12.5. The Balaban J connectivity index is 2.62. The molecule has 0 radical (unpaired) electrons. The fourth-order valence-electron chi connectivity index (χ4n) is 2.16. The molecule has 3 nitrogen and oxygen atoms in total. The second kappa shape index (κ2) is 4.10. The number of fused-ring (bicyclic) bond motifs is 2. The van der Waals surface area contributed by atoms with Crippen LogP contribution in [0.5, 0.6) is 5.75 Å². The van der Waals surface area contributed by atoms with E-state index in [4.69, 9.17) is 4.42 Å². The van der Waals surface area contributed by atoms with Crippen LogP contribution in [-0.4, -0.2) is 5.11 Å². The van der Waals surface area contributed by atoms with E-state index in [1.807, 2.05) is 19.9 Å². The highest BCUT2D eigenvalue weighted by atomic mass is 79.9. The van der Waals surface area contributed by atoms with Crippen LogP contribution in [-0.2, 0) is 0 Å². The van der Waals surface area contributed by atoms with Gasteiger partial charge in [0.2, 0.25) is 5.43 Å². The third-order valence-electron chi connectivity index (χ3n) is 3.39. The van der Waals surface area contributed by atoms with Gasteiger partial charge in [-0.3, -0.25) is 4.79 Å². The zero-order valence-corrected chi connectivity index (χ0v) is 12.0. The molecule has 1 N–H and O–H groups in total. The van der Waals surface area contributed by atoms with Crippen molar-refractivity contribution in [2.45, 2.75) is 13.8 Å². The molecular weight excluding hydrogens is 308 g/mol. The molecule has 0 fully saturated rings. The molecule has 4 heteroatoms. The fourth-order valence-corrected chi connectivity index (χ4v) is 2.77. The molecule has 2 aromatic carbocycles. The molecule has 0 aliphatic carbocycles. The Bertz CT molecular complexity index is 878. The maximum atomic E-state index is 12.5. The molecule has 96 valence electrons. The Labute approximate surface area is 117 Å². The van der Waals surface area contributed by atoms with Gasteiger partial charge >= 0.3 is 0 Å². The zero-order chi connectivity index (χ0) is 13.7. The van der Waals surface area contributed by atoms with E-state index >= 15 is 0 Å². The first-order valence-corrected chi connectivity index (χ1v) is 6.63. The van der Waals surface area contributed by atoms with Crippen LogP contribution in [0.15, 0.2) is 37.9 Å². The minimum absolute atomic E-state index is 0.0787. The second-order valence-electron chi connectivity index (χ2n) is 4.62. The van der Waals surface area contributed by atoms with E-state index in [0.717, 1.165) is 15.6 Å². The van der Waals surface area contributed by atoms with E-state index in [-0.39, 0.29) is 11.2 Å². The van der Waals surface area contributed by atoms with Gasteiger partial charge in [-0.2, -0.15) is 0 Å². The maximum absolute atomic E-state index is 12.5. The molecule has 1 heterocycles. The Morgan fingerprint density at radius 2 is 1.89 bits per heavy atom. The highest BCUT2D eigenvalue weighted by Gasteiger charge is 2.13. The SMILES string of the molecule is Cc1cc2c(=O)c3ccc(O)cc3oc2c(Br)c1C. The quantitative estimate of drug-likeness (QED) is 0.637. The Morgan fingerprint density at radius 3 is 2.63 bits per heavy atom. The van der Waals surface area contributed by atoms with Crippen LogP contribution in [0.2, 0.25) is 0 Å². The van der Waals surface area contributed by atoms with Crippen molar-refractivity contribution in [1.82, 2.24) is 0 Å². The number of hydrogen-bond donors (Lipinski definition) is 1. The zero-order valence-electron chi connectivity index (χ0n) is 10.5. The summed E-state index contributed by atoms with van der Waals surface area (Å²) in [6, 6.07) is 6.37. The van der Waals surface area contributed by atoms with E-state index in [0.29, 0.717) is 21.9 Å². The van der Waals surface area contributed by atoms with Crippen molar-refractivity contribution in [3.8, 4) is 5.75 Å². The van der Waals surface area contributed by atoms with Crippen LogP contribution in [0.25, 0.3) is 21.9 Å². The van der Waals surface area contributed by atoms with E-state index < -0.39 is 0 Å². The van der Waals surface area contributed by atoms with Crippen molar-refractivity contribution in [3.05, 3.63) is 50.1 Å². The molecule has 0 bridgehead atoms. The fraction of sp³-hybridized carbons (Fsp3) is 0.133. The second-order valence-corrected chi connectivity index (χ2v) is 5.41. The molecule has 3 aromatic rings. The average Bonchev–Trinajstić information content (AvgIpc) is 2.38. The number of halogens is 1. The summed E-state index contributed by atoms with van der Waals surface area (Å²) >= 11 is 3.47. The van der Waals surface area contributed by atoms with Crippen LogP contribution in [0.4, 0.5) is 0 Å². The van der Waals surface area contributed by atoms with Gasteiger partial charge in [0.05, 0.1) is 15.2 Å². The van der Waals surface area contributed by atoms with E-state index in [1.54, 1.807) is 6.07 Å². The average molecular weight is 319 g/mol. The predicted octanol–water partition coefficient (Wildman–Crippen LogP) is 4.03. The molecule has 19 heavy (non-hydrogen) atoms. The Hall–Kier alpha value is -1.81. The highest BCUT2D eigenvalue weighted by molar-refractivity contribution is 9.10.